The van der Waals surface area contributed by atoms with Crippen molar-refractivity contribution in [2.75, 3.05) is 28.2 Å². The van der Waals surface area contributed by atoms with Gasteiger partial charge in [0.1, 0.15) is 0 Å². The Hall–Kier alpha value is -0.344. The molecule has 2 nitrogen and oxygen atoms in total. The standard InChI is InChI=1S/C14H17Ge.C5H5.2C2H6N.5CH3.Zr/c1-10-11(2)13(4)15(12(10)3)14-8-6-5-7-9-14;1-2-4-5-3-1;2*1-3-2;;;;;;/h5-9H,1-4H3;1-3H,4H2;2*1-2H3;5*1H3;/q;;2*-1;;;;;;+2. The molecule has 4 heteroatoms. The molecule has 2 aliphatic rings. The van der Waals surface area contributed by atoms with E-state index in [1.807, 2.05) is 0 Å². The summed E-state index contributed by atoms with van der Waals surface area (Å²) in [5, 5.41) is 0. The van der Waals surface area contributed by atoms with Crippen molar-refractivity contribution in [2.45, 2.75) is 59.2 Å². The number of benzene rings is 1. The molecule has 0 amide bonds. The van der Waals surface area contributed by atoms with Gasteiger partial charge >= 0.3 is 192 Å². The molecule has 1 unspecified atom stereocenters. The predicted molar refractivity (Wildman–Crippen MR) is 148 cm³/mol. The van der Waals surface area contributed by atoms with Crippen molar-refractivity contribution < 1.29 is 13.4 Å². The predicted octanol–water partition coefficient (Wildman–Crippen LogP) is 7.10. The third kappa shape index (κ3) is 1.85. The first-order chi connectivity index (χ1) is 14.0. The van der Waals surface area contributed by atoms with Gasteiger partial charge < -0.3 is 0 Å². The molecule has 0 saturated heterocycles. The second kappa shape index (κ2) is 4.84. The van der Waals surface area contributed by atoms with Gasteiger partial charge in [0.2, 0.25) is 0 Å². The fourth-order valence-electron chi connectivity index (χ4n) is 8.34. The van der Waals surface area contributed by atoms with Crippen LogP contribution in [0.2, 0.25) is 25.1 Å². The fourth-order valence-corrected chi connectivity index (χ4v) is 74.5. The molecule has 0 aromatic heterocycles. The Morgan fingerprint density at radius 3 is 1.75 bits per heavy atom. The molecular formula is C28H49GeN2Zr. The summed E-state index contributed by atoms with van der Waals surface area (Å²) in [6, 6.07) is 11.5. The molecule has 0 spiro atoms. The topological polar surface area (TPSA) is 6.48 Å². The summed E-state index contributed by atoms with van der Waals surface area (Å²) < 4.78 is 24.0. The average molecular weight is 578 g/mol. The Kier molecular flexibility index (Phi) is 3.97. The summed E-state index contributed by atoms with van der Waals surface area (Å²) in [6.07, 6.45) is 8.16. The monoisotopic (exact) mass is 577 g/mol. The van der Waals surface area contributed by atoms with E-state index in [0.29, 0.717) is 0 Å². The number of rotatable bonds is 5. The molecule has 0 N–H and O–H groups in total. The van der Waals surface area contributed by atoms with Gasteiger partial charge in [-0.2, -0.15) is 0 Å². The molecule has 0 radical (unpaired) electrons. The van der Waals surface area contributed by atoms with E-state index >= 15 is 0 Å². The minimum atomic E-state index is -6.26. The third-order valence-corrected chi connectivity index (χ3v) is 102. The molecule has 1 aliphatic heterocycles. The van der Waals surface area contributed by atoms with Gasteiger partial charge in [-0.15, -0.1) is 0 Å². The zero-order valence-electron chi connectivity index (χ0n) is 23.2. The minimum absolute atomic E-state index is 0.0591. The number of allylic oxidation sites excluding steroid dienone is 6. The van der Waals surface area contributed by atoms with E-state index in [1.54, 1.807) is 17.6 Å². The number of hydrogen-bond acceptors (Lipinski definition) is 2. The van der Waals surface area contributed by atoms with Crippen LogP contribution in [0.4, 0.5) is 0 Å². The molecule has 0 saturated carbocycles. The fraction of sp³-hybridized carbons (Fsp3) is 0.536. The van der Waals surface area contributed by atoms with Crippen molar-refractivity contribution in [3.05, 3.63) is 63.0 Å². The molecule has 3 rings (SSSR count). The van der Waals surface area contributed by atoms with Crippen LogP contribution in [-0.4, -0.2) is 52.1 Å². The summed E-state index contributed by atoms with van der Waals surface area (Å²) in [7, 11) is 9.54. The summed E-state index contributed by atoms with van der Waals surface area (Å²) >= 11 is -8.41. The van der Waals surface area contributed by atoms with Crippen LogP contribution in [0, 0.1) is 0 Å². The van der Waals surface area contributed by atoms with Crippen molar-refractivity contribution in [2.24, 2.45) is 0 Å². The Balaban J connectivity index is 2.89. The van der Waals surface area contributed by atoms with Crippen molar-refractivity contribution in [3.63, 3.8) is 0 Å². The normalized spacial score (nSPS) is 28.7. The molecule has 1 aromatic rings. The maximum atomic E-state index is 2.75. The van der Waals surface area contributed by atoms with Crippen LogP contribution in [0.15, 0.2) is 63.0 Å². The average Bonchev–Trinajstić information content (AvgIpc) is 3.29. The second-order valence-corrected chi connectivity index (χ2v) is 86.9. The summed E-state index contributed by atoms with van der Waals surface area (Å²) in [6.45, 7) is 9.98. The zero-order chi connectivity index (χ0) is 24.8. The molecule has 1 aromatic carbocycles. The van der Waals surface area contributed by atoms with E-state index in [1.165, 1.54) is 5.57 Å². The van der Waals surface area contributed by atoms with Crippen LogP contribution in [-0.2, 0) is 13.4 Å². The first-order valence-corrected chi connectivity index (χ1v) is 32.5. The van der Waals surface area contributed by atoms with Crippen LogP contribution >= 0.6 is 0 Å². The molecular weight excluding hydrogens is 528 g/mol. The SMILES string of the molecule is CC1=C(C)[C](C)([Zr]([CH3])([CH3])([CH3])([CH3])([CH3])([C]2=CC=CC2)([N](C)C)[N](C)C)[Ge]([c]2ccccc2)=[C]1C. The molecule has 0 bridgehead atoms. The van der Waals surface area contributed by atoms with Gasteiger partial charge in [-0.3, -0.25) is 0 Å². The van der Waals surface area contributed by atoms with Crippen molar-refractivity contribution >= 4 is 22.7 Å². The number of hydrogen-bond donors (Lipinski definition) is 0. The van der Waals surface area contributed by atoms with Crippen LogP contribution in [0.1, 0.15) is 34.1 Å². The quantitative estimate of drug-likeness (QED) is 0.345. The first kappa shape index (κ1) is 26.3. The van der Waals surface area contributed by atoms with Crippen LogP contribution in [0.5, 0.6) is 0 Å². The van der Waals surface area contributed by atoms with Crippen LogP contribution in [0.25, 0.3) is 0 Å². The van der Waals surface area contributed by atoms with E-state index < -0.39 is 27.3 Å². The third-order valence-electron chi connectivity index (χ3n) is 15.6. The molecule has 32 heavy (non-hydrogen) atoms. The van der Waals surface area contributed by atoms with Crippen molar-refractivity contribution in [3.8, 4) is 0 Å². The molecule has 1 atom stereocenters. The second-order valence-electron chi connectivity index (χ2n) is 18.3. The van der Waals surface area contributed by atoms with Gasteiger partial charge in [-0.05, 0) is 0 Å². The number of nitrogens with zero attached hydrogens (tertiary/aromatic N) is 2. The van der Waals surface area contributed by atoms with E-state index in [0.717, 1.165) is 6.42 Å². The van der Waals surface area contributed by atoms with Crippen LogP contribution in [0.3, 0.4) is 0 Å². The summed E-state index contributed by atoms with van der Waals surface area (Å²) in [5.41, 5.74) is 3.13. The van der Waals surface area contributed by atoms with Crippen molar-refractivity contribution in [1.82, 2.24) is 5.69 Å². The zero-order valence-corrected chi connectivity index (χ0v) is 27.8. The van der Waals surface area contributed by atoms with E-state index in [-0.39, 0.29) is 1.96 Å². The van der Waals surface area contributed by atoms with Gasteiger partial charge in [0.05, 0.1) is 0 Å². The van der Waals surface area contributed by atoms with Gasteiger partial charge in [0.15, 0.2) is 0 Å². The van der Waals surface area contributed by atoms with Crippen LogP contribution < -0.4 is 4.40 Å². The molecule has 0 fully saturated rings. The Morgan fingerprint density at radius 1 is 0.844 bits per heavy atom. The van der Waals surface area contributed by atoms with E-state index in [2.05, 4.69) is 133 Å². The Bertz CT molecular complexity index is 1240. The summed E-state index contributed by atoms with van der Waals surface area (Å²) in [5.74, 6) is 0. The van der Waals surface area contributed by atoms with E-state index in [4.69, 9.17) is 0 Å². The molecule has 179 valence electrons. The van der Waals surface area contributed by atoms with Crippen molar-refractivity contribution in [1.29, 1.82) is 0 Å². The maximum absolute atomic E-state index is 6.26. The first-order valence-electron chi connectivity index (χ1n) is 12.4. The molecule has 1 heterocycles. The van der Waals surface area contributed by atoms with Gasteiger partial charge in [0, 0.05) is 0 Å². The van der Waals surface area contributed by atoms with E-state index in [9.17, 15) is 0 Å². The van der Waals surface area contributed by atoms with Gasteiger partial charge in [-0.25, -0.2) is 0 Å². The Labute approximate surface area is 190 Å². The van der Waals surface area contributed by atoms with Gasteiger partial charge in [-0.1, -0.05) is 0 Å². The molecule has 1 aliphatic carbocycles. The van der Waals surface area contributed by atoms with Gasteiger partial charge in [0.25, 0.3) is 0 Å². The Morgan fingerprint density at radius 2 is 1.34 bits per heavy atom. The summed E-state index contributed by atoms with van der Waals surface area (Å²) in [4.78, 5) is 0.